The van der Waals surface area contributed by atoms with E-state index in [1.807, 2.05) is 38.4 Å². The molecule has 0 spiro atoms. The lowest BCUT2D eigenvalue weighted by atomic mass is 10.0. The zero-order valence-electron chi connectivity index (χ0n) is 17.1. The number of phenols is 1. The average Bonchev–Trinajstić information content (AvgIpc) is 3.11. The molecule has 30 heavy (non-hydrogen) atoms. The Bertz CT molecular complexity index is 1280. The minimum Gasteiger partial charge on any atom is -0.507 e. The van der Waals surface area contributed by atoms with Crippen molar-refractivity contribution in [3.63, 3.8) is 0 Å². The van der Waals surface area contributed by atoms with Gasteiger partial charge in [-0.15, -0.1) is 0 Å². The van der Waals surface area contributed by atoms with Crippen molar-refractivity contribution in [3.05, 3.63) is 41.2 Å². The van der Waals surface area contributed by atoms with E-state index in [2.05, 4.69) is 27.2 Å². The van der Waals surface area contributed by atoms with Crippen molar-refractivity contribution >= 4 is 39.2 Å². The first-order chi connectivity index (χ1) is 14.4. The highest BCUT2D eigenvalue weighted by atomic mass is 35.5. The highest BCUT2D eigenvalue weighted by Crippen LogP contribution is 2.38. The first-order valence-corrected chi connectivity index (χ1v) is 10.4. The fourth-order valence-corrected chi connectivity index (χ4v) is 4.51. The molecule has 4 heterocycles. The number of piperazine rings is 1. The first kappa shape index (κ1) is 19.1. The molecule has 0 amide bonds. The van der Waals surface area contributed by atoms with Gasteiger partial charge in [-0.05, 0) is 32.0 Å². The van der Waals surface area contributed by atoms with Crippen LogP contribution in [0.5, 0.6) is 5.75 Å². The number of aryl methyl sites for hydroxylation is 2. The lowest BCUT2D eigenvalue weighted by Gasteiger charge is -2.34. The van der Waals surface area contributed by atoms with Crippen molar-refractivity contribution in [2.75, 3.05) is 24.5 Å². The number of phenolic OH excluding ortho intramolecular Hbond substituents is 1. The Morgan fingerprint density at radius 2 is 2.13 bits per heavy atom. The Labute approximate surface area is 179 Å². The number of halogens is 1. The topological polar surface area (TPSA) is 79.1 Å². The number of nitrogens with one attached hydrogen (secondary N) is 1. The van der Waals surface area contributed by atoms with Crippen LogP contribution in [0.4, 0.5) is 5.69 Å². The number of pyridine rings is 2. The molecule has 2 N–H and O–H groups in total. The van der Waals surface area contributed by atoms with E-state index >= 15 is 0 Å². The van der Waals surface area contributed by atoms with Crippen LogP contribution in [0.2, 0.25) is 5.02 Å². The monoisotopic (exact) mass is 422 g/mol. The molecule has 0 saturated carbocycles. The number of rotatable bonds is 2. The van der Waals surface area contributed by atoms with Crippen LogP contribution in [-0.2, 0) is 7.05 Å². The van der Waals surface area contributed by atoms with Gasteiger partial charge in [0.2, 0.25) is 0 Å². The molecule has 5 rings (SSSR count). The molecule has 1 aliphatic heterocycles. The van der Waals surface area contributed by atoms with Crippen LogP contribution in [0, 0.1) is 6.92 Å². The number of aromatic hydroxyl groups is 1. The number of nitrogens with zero attached hydrogens (tertiary/aromatic N) is 5. The quantitative estimate of drug-likeness (QED) is 0.513. The molecule has 1 atom stereocenters. The number of aromatic nitrogens is 4. The molecular weight excluding hydrogens is 400 g/mol. The minimum atomic E-state index is 0.186. The summed E-state index contributed by atoms with van der Waals surface area (Å²) in [5.74, 6) is 0.186. The smallest absolute Gasteiger partial charge is 0.161 e. The van der Waals surface area contributed by atoms with E-state index in [0.29, 0.717) is 28.0 Å². The van der Waals surface area contributed by atoms with Gasteiger partial charge >= 0.3 is 0 Å². The van der Waals surface area contributed by atoms with E-state index in [1.165, 1.54) is 0 Å². The van der Waals surface area contributed by atoms with E-state index in [-0.39, 0.29) is 5.75 Å². The molecule has 0 radical (unpaired) electrons. The molecule has 1 fully saturated rings. The first-order valence-electron chi connectivity index (χ1n) is 10.0. The summed E-state index contributed by atoms with van der Waals surface area (Å²) in [6, 6.07) is 6.14. The highest BCUT2D eigenvalue weighted by Gasteiger charge is 2.21. The van der Waals surface area contributed by atoms with Crippen LogP contribution in [0.15, 0.2) is 30.6 Å². The molecule has 0 aliphatic carbocycles. The minimum absolute atomic E-state index is 0.186. The molecule has 0 bridgehead atoms. The Morgan fingerprint density at radius 3 is 2.93 bits per heavy atom. The van der Waals surface area contributed by atoms with Crippen LogP contribution in [-0.4, -0.2) is 50.5 Å². The number of anilines is 1. The lowest BCUT2D eigenvalue weighted by molar-refractivity contribution is 0.474. The fraction of sp³-hybridized carbons (Fsp3) is 0.318. The molecule has 7 nitrogen and oxygen atoms in total. The third-order valence-electron chi connectivity index (χ3n) is 5.75. The second kappa shape index (κ2) is 7.11. The second-order valence-corrected chi connectivity index (χ2v) is 8.34. The molecule has 3 aromatic heterocycles. The Balaban J connectivity index is 1.60. The molecule has 1 aromatic carbocycles. The van der Waals surface area contributed by atoms with Gasteiger partial charge in [-0.3, -0.25) is 4.68 Å². The molecule has 4 aromatic rings. The normalized spacial score (nSPS) is 17.2. The van der Waals surface area contributed by atoms with Crippen LogP contribution in [0.25, 0.3) is 33.2 Å². The van der Waals surface area contributed by atoms with Gasteiger partial charge < -0.3 is 15.3 Å². The number of fused-ring (bicyclic) bond motifs is 2. The SMILES string of the molecule is Cc1c(O)c(-c2ccc3c(Cl)c(N4CCNC(C)C4)cnc3n2)cc2cn(C)nc12. The van der Waals surface area contributed by atoms with Gasteiger partial charge in [0, 0.05) is 60.8 Å². The van der Waals surface area contributed by atoms with E-state index in [1.54, 1.807) is 10.9 Å². The van der Waals surface area contributed by atoms with Gasteiger partial charge in [-0.25, -0.2) is 9.97 Å². The van der Waals surface area contributed by atoms with Gasteiger partial charge in [-0.2, -0.15) is 5.10 Å². The van der Waals surface area contributed by atoms with Crippen molar-refractivity contribution in [2.45, 2.75) is 19.9 Å². The van der Waals surface area contributed by atoms with Crippen LogP contribution in [0.3, 0.4) is 0 Å². The van der Waals surface area contributed by atoms with Crippen molar-refractivity contribution in [1.82, 2.24) is 25.1 Å². The average molecular weight is 423 g/mol. The second-order valence-electron chi connectivity index (χ2n) is 7.96. The van der Waals surface area contributed by atoms with Crippen molar-refractivity contribution in [3.8, 4) is 17.0 Å². The zero-order valence-corrected chi connectivity index (χ0v) is 17.9. The molecular formula is C22H23ClN6O. The maximum Gasteiger partial charge on any atom is 0.161 e. The van der Waals surface area contributed by atoms with E-state index < -0.39 is 0 Å². The van der Waals surface area contributed by atoms with Crippen LogP contribution in [0.1, 0.15) is 12.5 Å². The predicted molar refractivity (Wildman–Crippen MR) is 120 cm³/mol. The maximum atomic E-state index is 10.8. The zero-order chi connectivity index (χ0) is 21.0. The van der Waals surface area contributed by atoms with Crippen molar-refractivity contribution in [1.29, 1.82) is 0 Å². The summed E-state index contributed by atoms with van der Waals surface area (Å²) in [7, 11) is 1.87. The Morgan fingerprint density at radius 1 is 1.30 bits per heavy atom. The summed E-state index contributed by atoms with van der Waals surface area (Å²) in [6.07, 6.45) is 3.73. The van der Waals surface area contributed by atoms with E-state index in [9.17, 15) is 5.11 Å². The standard InChI is InChI=1S/C22H23ClN6O/c1-12-10-29(7-6-24-12)18-9-25-22-15(19(18)23)4-5-17(26-22)16-8-14-11-28(3)27-20(14)13(2)21(16)30/h4-5,8-9,11-12,24,30H,6-7,10H2,1-3H3. The van der Waals surface area contributed by atoms with Gasteiger partial charge in [0.15, 0.2) is 5.65 Å². The molecule has 1 unspecified atom stereocenters. The Kier molecular flexibility index (Phi) is 4.52. The summed E-state index contributed by atoms with van der Waals surface area (Å²) < 4.78 is 1.74. The highest BCUT2D eigenvalue weighted by molar-refractivity contribution is 6.37. The third-order valence-corrected chi connectivity index (χ3v) is 6.15. The van der Waals surface area contributed by atoms with Gasteiger partial charge in [0.05, 0.1) is 28.1 Å². The molecule has 1 saturated heterocycles. The summed E-state index contributed by atoms with van der Waals surface area (Å²) >= 11 is 6.76. The number of hydrogen-bond donors (Lipinski definition) is 2. The molecule has 154 valence electrons. The third kappa shape index (κ3) is 3.05. The lowest BCUT2D eigenvalue weighted by Crippen LogP contribution is -2.49. The van der Waals surface area contributed by atoms with E-state index in [0.717, 1.165) is 47.2 Å². The fourth-order valence-electron chi connectivity index (χ4n) is 4.19. The van der Waals surface area contributed by atoms with Crippen LogP contribution >= 0.6 is 11.6 Å². The summed E-state index contributed by atoms with van der Waals surface area (Å²) in [6.45, 7) is 6.72. The summed E-state index contributed by atoms with van der Waals surface area (Å²) in [5, 5.41) is 21.1. The molecule has 8 heteroatoms. The largest absolute Gasteiger partial charge is 0.507 e. The van der Waals surface area contributed by atoms with Crippen LogP contribution < -0.4 is 10.2 Å². The van der Waals surface area contributed by atoms with Crippen molar-refractivity contribution < 1.29 is 5.11 Å². The number of benzene rings is 1. The van der Waals surface area contributed by atoms with Gasteiger partial charge in [0.25, 0.3) is 0 Å². The van der Waals surface area contributed by atoms with Crippen molar-refractivity contribution in [2.24, 2.45) is 7.05 Å². The van der Waals surface area contributed by atoms with E-state index in [4.69, 9.17) is 16.6 Å². The van der Waals surface area contributed by atoms with Gasteiger partial charge in [-0.1, -0.05) is 11.6 Å². The summed E-state index contributed by atoms with van der Waals surface area (Å²) in [4.78, 5) is 11.6. The molecule has 1 aliphatic rings. The maximum absolute atomic E-state index is 10.8. The van der Waals surface area contributed by atoms with Gasteiger partial charge in [0.1, 0.15) is 5.75 Å². The summed E-state index contributed by atoms with van der Waals surface area (Å²) in [5.41, 5.74) is 4.33. The predicted octanol–water partition coefficient (Wildman–Crippen LogP) is 3.65. The number of hydrogen-bond acceptors (Lipinski definition) is 6. The Hall–Kier alpha value is -2.90.